The number of amides is 3. The lowest BCUT2D eigenvalue weighted by atomic mass is 10.3. The number of hydrogen-bond donors (Lipinski definition) is 0. The number of likely N-dealkylation sites (N-methyl/N-ethyl adjacent to an activating group) is 1. The summed E-state index contributed by atoms with van der Waals surface area (Å²) in [5, 5.41) is 0. The number of ether oxygens (including phenoxy) is 1. The van der Waals surface area contributed by atoms with Crippen LogP contribution in [0, 0.1) is 0 Å². The van der Waals surface area contributed by atoms with E-state index in [9.17, 15) is 9.59 Å². The molecule has 0 radical (unpaired) electrons. The number of anilines is 2. The summed E-state index contributed by atoms with van der Waals surface area (Å²) >= 11 is 0. The van der Waals surface area contributed by atoms with E-state index in [4.69, 9.17) is 4.74 Å². The van der Waals surface area contributed by atoms with Crippen molar-refractivity contribution in [1.82, 2.24) is 4.90 Å². The number of nitrogens with zero attached hydrogens (tertiary/aromatic N) is 3. The molecule has 2 aromatic carbocycles. The molecule has 27 heavy (non-hydrogen) atoms. The van der Waals surface area contributed by atoms with Crippen molar-refractivity contribution >= 4 is 23.3 Å². The minimum atomic E-state index is -0.142. The second-order valence-electron chi connectivity index (χ2n) is 6.26. The Labute approximate surface area is 159 Å². The Balaban J connectivity index is 1.65. The minimum Gasteiger partial charge on any atom is -0.494 e. The molecule has 0 bridgehead atoms. The van der Waals surface area contributed by atoms with Crippen LogP contribution in [-0.2, 0) is 4.79 Å². The van der Waals surface area contributed by atoms with Crippen molar-refractivity contribution in [2.24, 2.45) is 0 Å². The zero-order valence-electron chi connectivity index (χ0n) is 15.8. The van der Waals surface area contributed by atoms with Crippen molar-refractivity contribution in [2.45, 2.75) is 13.8 Å². The summed E-state index contributed by atoms with van der Waals surface area (Å²) in [5.41, 5.74) is 1.66. The zero-order valence-corrected chi connectivity index (χ0v) is 15.8. The van der Waals surface area contributed by atoms with Gasteiger partial charge in [0.2, 0.25) is 5.91 Å². The largest absolute Gasteiger partial charge is 0.494 e. The molecule has 2 aromatic rings. The third-order valence-electron chi connectivity index (χ3n) is 4.57. The molecule has 0 saturated carbocycles. The maximum Gasteiger partial charge on any atom is 0.325 e. The molecule has 0 N–H and O–H groups in total. The number of para-hydroxylation sites is 1. The Kier molecular flexibility index (Phi) is 5.96. The SMILES string of the molecule is CCOc1ccc(N2CCN(CC(=O)N(CC)c3ccccc3)C2=O)cc1. The fraction of sp³-hybridized carbons (Fsp3) is 0.333. The number of hydrogen-bond acceptors (Lipinski definition) is 3. The van der Waals surface area contributed by atoms with Crippen LogP contribution in [0.25, 0.3) is 0 Å². The number of urea groups is 1. The second-order valence-corrected chi connectivity index (χ2v) is 6.26. The molecule has 1 aliphatic heterocycles. The average Bonchev–Trinajstić information content (AvgIpc) is 3.04. The molecule has 1 aliphatic rings. The summed E-state index contributed by atoms with van der Waals surface area (Å²) in [4.78, 5) is 30.5. The van der Waals surface area contributed by atoms with Crippen LogP contribution >= 0.6 is 0 Å². The van der Waals surface area contributed by atoms with E-state index in [0.29, 0.717) is 26.2 Å². The van der Waals surface area contributed by atoms with Crippen molar-refractivity contribution in [2.75, 3.05) is 42.6 Å². The summed E-state index contributed by atoms with van der Waals surface area (Å²) in [6, 6.07) is 16.8. The van der Waals surface area contributed by atoms with Crippen molar-refractivity contribution in [3.63, 3.8) is 0 Å². The van der Waals surface area contributed by atoms with Crippen molar-refractivity contribution in [1.29, 1.82) is 0 Å². The van der Waals surface area contributed by atoms with Crippen molar-refractivity contribution < 1.29 is 14.3 Å². The Morgan fingerprint density at radius 1 is 1.04 bits per heavy atom. The standard InChI is InChI=1S/C21H25N3O3/c1-3-23(17-8-6-5-7-9-17)20(25)16-22-14-15-24(21(22)26)18-10-12-19(13-11-18)27-4-2/h5-13H,3-4,14-16H2,1-2H3. The van der Waals surface area contributed by atoms with Crippen LogP contribution in [0.4, 0.5) is 16.2 Å². The summed E-state index contributed by atoms with van der Waals surface area (Å²) in [7, 11) is 0. The highest BCUT2D eigenvalue weighted by molar-refractivity contribution is 6.00. The third-order valence-corrected chi connectivity index (χ3v) is 4.57. The van der Waals surface area contributed by atoms with Crippen molar-refractivity contribution in [3.8, 4) is 5.75 Å². The van der Waals surface area contributed by atoms with E-state index in [0.717, 1.165) is 17.1 Å². The van der Waals surface area contributed by atoms with Gasteiger partial charge in [-0.15, -0.1) is 0 Å². The number of rotatable bonds is 7. The maximum atomic E-state index is 12.7. The van der Waals surface area contributed by atoms with Gasteiger partial charge >= 0.3 is 6.03 Å². The van der Waals surface area contributed by atoms with Crippen LogP contribution in [0.5, 0.6) is 5.75 Å². The average molecular weight is 367 g/mol. The molecule has 6 heteroatoms. The molecular weight excluding hydrogens is 342 g/mol. The highest BCUT2D eigenvalue weighted by atomic mass is 16.5. The van der Waals surface area contributed by atoms with E-state index < -0.39 is 0 Å². The molecule has 0 aromatic heterocycles. The van der Waals surface area contributed by atoms with Gasteiger partial charge in [-0.25, -0.2) is 4.79 Å². The molecular formula is C21H25N3O3. The van der Waals surface area contributed by atoms with Gasteiger partial charge in [0.1, 0.15) is 12.3 Å². The van der Waals surface area contributed by atoms with Crippen LogP contribution in [-0.4, -0.2) is 49.6 Å². The van der Waals surface area contributed by atoms with E-state index in [2.05, 4.69) is 0 Å². The monoisotopic (exact) mass is 367 g/mol. The predicted molar refractivity (Wildman–Crippen MR) is 106 cm³/mol. The third kappa shape index (κ3) is 4.22. The van der Waals surface area contributed by atoms with E-state index in [-0.39, 0.29) is 18.5 Å². The summed E-state index contributed by atoms with van der Waals surface area (Å²) in [6.07, 6.45) is 0. The van der Waals surface area contributed by atoms with E-state index >= 15 is 0 Å². The lowest BCUT2D eigenvalue weighted by Gasteiger charge is -2.24. The number of benzene rings is 2. The fourth-order valence-corrected chi connectivity index (χ4v) is 3.22. The Hall–Kier alpha value is -3.02. The fourth-order valence-electron chi connectivity index (χ4n) is 3.22. The Morgan fingerprint density at radius 3 is 2.37 bits per heavy atom. The molecule has 1 fully saturated rings. The predicted octanol–water partition coefficient (Wildman–Crippen LogP) is 3.38. The molecule has 6 nitrogen and oxygen atoms in total. The van der Waals surface area contributed by atoms with E-state index in [1.165, 1.54) is 0 Å². The molecule has 0 atom stereocenters. The molecule has 1 heterocycles. The first-order valence-electron chi connectivity index (χ1n) is 9.28. The highest BCUT2D eigenvalue weighted by Gasteiger charge is 2.32. The molecule has 1 saturated heterocycles. The van der Waals surface area contributed by atoms with E-state index in [1.54, 1.807) is 14.7 Å². The zero-order chi connectivity index (χ0) is 19.2. The minimum absolute atomic E-state index is 0.0782. The first kappa shape index (κ1) is 18.8. The van der Waals surface area contributed by atoms with E-state index in [1.807, 2.05) is 68.4 Å². The van der Waals surface area contributed by atoms with Crippen LogP contribution < -0.4 is 14.5 Å². The van der Waals surface area contributed by atoms with Gasteiger partial charge in [0.15, 0.2) is 0 Å². The lowest BCUT2D eigenvalue weighted by Crippen LogP contribution is -2.42. The van der Waals surface area contributed by atoms with Crippen LogP contribution in [0.1, 0.15) is 13.8 Å². The molecule has 3 amide bonds. The normalized spacial score (nSPS) is 13.8. The summed E-state index contributed by atoms with van der Waals surface area (Å²) in [5.74, 6) is 0.701. The molecule has 0 spiro atoms. The topological polar surface area (TPSA) is 53.1 Å². The van der Waals surface area contributed by atoms with Gasteiger partial charge in [-0.3, -0.25) is 9.69 Å². The summed E-state index contributed by atoms with van der Waals surface area (Å²) < 4.78 is 5.44. The van der Waals surface area contributed by atoms with Gasteiger partial charge in [0, 0.05) is 31.0 Å². The van der Waals surface area contributed by atoms with Gasteiger partial charge in [0.05, 0.1) is 6.61 Å². The smallest absolute Gasteiger partial charge is 0.325 e. The number of carbonyl (C=O) groups excluding carboxylic acids is 2. The van der Waals surface area contributed by atoms with Crippen LogP contribution in [0.2, 0.25) is 0 Å². The molecule has 0 aliphatic carbocycles. The molecule has 142 valence electrons. The van der Waals surface area contributed by atoms with Gasteiger partial charge in [-0.1, -0.05) is 18.2 Å². The maximum absolute atomic E-state index is 12.7. The summed E-state index contributed by atoms with van der Waals surface area (Å²) in [6.45, 7) is 6.21. The highest BCUT2D eigenvalue weighted by Crippen LogP contribution is 2.23. The quantitative estimate of drug-likeness (QED) is 0.754. The van der Waals surface area contributed by atoms with Gasteiger partial charge in [0.25, 0.3) is 0 Å². The first-order valence-corrected chi connectivity index (χ1v) is 9.28. The van der Waals surface area contributed by atoms with Crippen LogP contribution in [0.15, 0.2) is 54.6 Å². The second kappa shape index (κ2) is 8.58. The van der Waals surface area contributed by atoms with Crippen LogP contribution in [0.3, 0.4) is 0 Å². The van der Waals surface area contributed by atoms with Crippen molar-refractivity contribution in [3.05, 3.63) is 54.6 Å². The number of carbonyl (C=O) groups is 2. The Morgan fingerprint density at radius 2 is 1.74 bits per heavy atom. The van der Waals surface area contributed by atoms with Gasteiger partial charge in [-0.05, 0) is 50.2 Å². The lowest BCUT2D eigenvalue weighted by molar-refractivity contribution is -0.119. The molecule has 3 rings (SSSR count). The Bertz CT molecular complexity index is 777. The van der Waals surface area contributed by atoms with Gasteiger partial charge < -0.3 is 14.5 Å². The van der Waals surface area contributed by atoms with Gasteiger partial charge in [-0.2, -0.15) is 0 Å². The molecule has 0 unspecified atom stereocenters. The first-order chi connectivity index (χ1) is 13.1.